The van der Waals surface area contributed by atoms with E-state index in [1.165, 1.54) is 5.56 Å². The van der Waals surface area contributed by atoms with Gasteiger partial charge in [0.2, 0.25) is 0 Å². The largest absolute Gasteiger partial charge is 0.310 e. The molecular weight excluding hydrogens is 244 g/mol. The molecule has 0 bridgehead atoms. The van der Waals surface area contributed by atoms with E-state index in [0.29, 0.717) is 11.6 Å². The number of hydrogen-bond donors (Lipinski definition) is 1. The molecule has 1 N–H and O–H groups in total. The first-order chi connectivity index (χ1) is 9.74. The highest BCUT2D eigenvalue weighted by Crippen LogP contribution is 2.22. The SMILES string of the molecule is CCCNC(C)c1ccc(-c2cccc(C#N)c2)cc1. The van der Waals surface area contributed by atoms with E-state index in [4.69, 9.17) is 5.26 Å². The Bertz CT molecular complexity index is 594. The van der Waals surface area contributed by atoms with Crippen molar-refractivity contribution in [1.29, 1.82) is 5.26 Å². The van der Waals surface area contributed by atoms with Crippen molar-refractivity contribution in [3.63, 3.8) is 0 Å². The van der Waals surface area contributed by atoms with Crippen LogP contribution in [0.3, 0.4) is 0 Å². The van der Waals surface area contributed by atoms with E-state index in [1.54, 1.807) is 0 Å². The number of rotatable bonds is 5. The first kappa shape index (κ1) is 14.3. The molecular formula is C18H20N2. The van der Waals surface area contributed by atoms with Crippen LogP contribution in [-0.4, -0.2) is 6.54 Å². The normalized spacial score (nSPS) is 11.8. The summed E-state index contributed by atoms with van der Waals surface area (Å²) in [5, 5.41) is 12.4. The Morgan fingerprint density at radius 2 is 1.85 bits per heavy atom. The maximum Gasteiger partial charge on any atom is 0.0991 e. The Labute approximate surface area is 121 Å². The van der Waals surface area contributed by atoms with E-state index < -0.39 is 0 Å². The maximum atomic E-state index is 8.95. The van der Waals surface area contributed by atoms with Crippen molar-refractivity contribution < 1.29 is 0 Å². The quantitative estimate of drug-likeness (QED) is 0.874. The Hall–Kier alpha value is -2.11. The van der Waals surface area contributed by atoms with Crippen LogP contribution >= 0.6 is 0 Å². The van der Waals surface area contributed by atoms with E-state index in [0.717, 1.165) is 24.1 Å². The summed E-state index contributed by atoms with van der Waals surface area (Å²) in [4.78, 5) is 0. The summed E-state index contributed by atoms with van der Waals surface area (Å²) in [7, 11) is 0. The minimum absolute atomic E-state index is 0.370. The third kappa shape index (κ3) is 3.46. The van der Waals surface area contributed by atoms with Crippen LogP contribution in [0.2, 0.25) is 0 Å². The number of nitriles is 1. The third-order valence-corrected chi connectivity index (χ3v) is 3.44. The smallest absolute Gasteiger partial charge is 0.0991 e. The van der Waals surface area contributed by atoms with Gasteiger partial charge in [-0.3, -0.25) is 0 Å². The van der Waals surface area contributed by atoms with Gasteiger partial charge in [-0.1, -0.05) is 43.3 Å². The highest BCUT2D eigenvalue weighted by molar-refractivity contribution is 5.65. The lowest BCUT2D eigenvalue weighted by Crippen LogP contribution is -2.19. The minimum atomic E-state index is 0.370. The lowest BCUT2D eigenvalue weighted by molar-refractivity contribution is 0.571. The molecule has 2 rings (SSSR count). The van der Waals surface area contributed by atoms with Gasteiger partial charge in [-0.15, -0.1) is 0 Å². The van der Waals surface area contributed by atoms with E-state index in [2.05, 4.69) is 49.5 Å². The third-order valence-electron chi connectivity index (χ3n) is 3.44. The number of hydrogen-bond acceptors (Lipinski definition) is 2. The van der Waals surface area contributed by atoms with Gasteiger partial charge < -0.3 is 5.32 Å². The first-order valence-corrected chi connectivity index (χ1v) is 7.08. The minimum Gasteiger partial charge on any atom is -0.310 e. The Morgan fingerprint density at radius 3 is 2.50 bits per heavy atom. The molecule has 0 fully saturated rings. The molecule has 2 aromatic rings. The molecule has 0 saturated heterocycles. The molecule has 0 saturated carbocycles. The van der Waals surface area contributed by atoms with Crippen molar-refractivity contribution in [3.8, 4) is 17.2 Å². The molecule has 0 heterocycles. The van der Waals surface area contributed by atoms with Crippen LogP contribution in [0.25, 0.3) is 11.1 Å². The molecule has 0 aliphatic rings. The average molecular weight is 264 g/mol. The summed E-state index contributed by atoms with van der Waals surface area (Å²) in [6.07, 6.45) is 1.14. The van der Waals surface area contributed by atoms with Crippen molar-refractivity contribution in [3.05, 3.63) is 59.7 Å². The van der Waals surface area contributed by atoms with Gasteiger partial charge in [-0.25, -0.2) is 0 Å². The topological polar surface area (TPSA) is 35.8 Å². The predicted octanol–water partition coefficient (Wildman–Crippen LogP) is 4.29. The van der Waals surface area contributed by atoms with Crippen LogP contribution in [0, 0.1) is 11.3 Å². The van der Waals surface area contributed by atoms with Crippen molar-refractivity contribution in [2.24, 2.45) is 0 Å². The zero-order valence-corrected chi connectivity index (χ0v) is 12.1. The summed E-state index contributed by atoms with van der Waals surface area (Å²) >= 11 is 0. The van der Waals surface area contributed by atoms with Crippen molar-refractivity contribution in [1.82, 2.24) is 5.32 Å². The average Bonchev–Trinajstić information content (AvgIpc) is 2.52. The molecule has 102 valence electrons. The van der Waals surface area contributed by atoms with Crippen LogP contribution in [0.15, 0.2) is 48.5 Å². The fourth-order valence-electron chi connectivity index (χ4n) is 2.21. The lowest BCUT2D eigenvalue weighted by Gasteiger charge is -2.14. The molecule has 20 heavy (non-hydrogen) atoms. The zero-order chi connectivity index (χ0) is 14.4. The van der Waals surface area contributed by atoms with Crippen molar-refractivity contribution >= 4 is 0 Å². The van der Waals surface area contributed by atoms with Gasteiger partial charge in [0.1, 0.15) is 0 Å². The van der Waals surface area contributed by atoms with Gasteiger partial charge in [-0.2, -0.15) is 5.26 Å². The van der Waals surface area contributed by atoms with E-state index in [9.17, 15) is 0 Å². The van der Waals surface area contributed by atoms with Crippen LogP contribution in [0.4, 0.5) is 0 Å². The lowest BCUT2D eigenvalue weighted by atomic mass is 10.00. The van der Waals surface area contributed by atoms with Crippen LogP contribution < -0.4 is 5.32 Å². The molecule has 0 radical (unpaired) electrons. The fourth-order valence-corrected chi connectivity index (χ4v) is 2.21. The Kier molecular flexibility index (Phi) is 4.92. The monoisotopic (exact) mass is 264 g/mol. The van der Waals surface area contributed by atoms with Gasteiger partial charge in [0.15, 0.2) is 0 Å². The molecule has 0 amide bonds. The molecule has 2 nitrogen and oxygen atoms in total. The summed E-state index contributed by atoms with van der Waals surface area (Å²) in [5.41, 5.74) is 4.22. The van der Waals surface area contributed by atoms with Gasteiger partial charge in [-0.05, 0) is 48.7 Å². The summed E-state index contributed by atoms with van der Waals surface area (Å²) in [6, 6.07) is 18.8. The van der Waals surface area contributed by atoms with Crippen LogP contribution in [0.1, 0.15) is 37.4 Å². The zero-order valence-electron chi connectivity index (χ0n) is 12.1. The second-order valence-electron chi connectivity index (χ2n) is 4.99. The highest BCUT2D eigenvalue weighted by atomic mass is 14.9. The van der Waals surface area contributed by atoms with Crippen molar-refractivity contribution in [2.45, 2.75) is 26.3 Å². The summed E-state index contributed by atoms with van der Waals surface area (Å²) < 4.78 is 0. The molecule has 0 aliphatic heterocycles. The highest BCUT2D eigenvalue weighted by Gasteiger charge is 2.05. The molecule has 2 aromatic carbocycles. The number of benzene rings is 2. The Balaban J connectivity index is 2.17. The van der Waals surface area contributed by atoms with Crippen LogP contribution in [0.5, 0.6) is 0 Å². The Morgan fingerprint density at radius 1 is 1.10 bits per heavy atom. The predicted molar refractivity (Wildman–Crippen MR) is 83.3 cm³/mol. The molecule has 1 atom stereocenters. The molecule has 0 spiro atoms. The van der Waals surface area contributed by atoms with Crippen molar-refractivity contribution in [2.75, 3.05) is 6.54 Å². The number of nitrogens with zero attached hydrogens (tertiary/aromatic N) is 1. The molecule has 1 unspecified atom stereocenters. The second kappa shape index (κ2) is 6.88. The molecule has 0 aliphatic carbocycles. The second-order valence-corrected chi connectivity index (χ2v) is 4.99. The summed E-state index contributed by atoms with van der Waals surface area (Å²) in [6.45, 7) is 5.39. The maximum absolute atomic E-state index is 8.95. The first-order valence-electron chi connectivity index (χ1n) is 7.08. The van der Waals surface area contributed by atoms with Crippen LogP contribution in [-0.2, 0) is 0 Å². The standard InChI is InChI=1S/C18H20N2/c1-3-11-20-14(2)16-7-9-17(10-8-16)18-6-4-5-15(12-18)13-19/h4-10,12,14,20H,3,11H2,1-2H3. The number of nitrogens with one attached hydrogen (secondary N) is 1. The van der Waals surface area contributed by atoms with Gasteiger partial charge in [0, 0.05) is 6.04 Å². The fraction of sp³-hybridized carbons (Fsp3) is 0.278. The van der Waals surface area contributed by atoms with E-state index >= 15 is 0 Å². The van der Waals surface area contributed by atoms with Gasteiger partial charge >= 0.3 is 0 Å². The summed E-state index contributed by atoms with van der Waals surface area (Å²) in [5.74, 6) is 0. The molecule has 0 aromatic heterocycles. The van der Waals surface area contributed by atoms with E-state index in [-0.39, 0.29) is 0 Å². The van der Waals surface area contributed by atoms with Gasteiger partial charge in [0.25, 0.3) is 0 Å². The van der Waals surface area contributed by atoms with E-state index in [1.807, 2.05) is 24.3 Å². The molecule has 2 heteroatoms. The van der Waals surface area contributed by atoms with Gasteiger partial charge in [0.05, 0.1) is 11.6 Å².